The van der Waals surface area contributed by atoms with Crippen molar-refractivity contribution < 1.29 is 20.5 Å². The number of amides is 1. The number of carbonyl (C=O) groups is 1. The Morgan fingerprint density at radius 1 is 1.17 bits per heavy atom. The molecule has 1 saturated heterocycles. The van der Waals surface area contributed by atoms with E-state index in [0.29, 0.717) is 28.6 Å². The Hall–Kier alpha value is -2.87. The molecule has 2 aliphatic rings. The van der Waals surface area contributed by atoms with Crippen LogP contribution in [-0.4, -0.2) is 46.9 Å². The number of benzene rings is 1. The number of nitrogens with two attached hydrogens (primary N) is 1. The quantitative estimate of drug-likeness (QED) is 0.636. The van der Waals surface area contributed by atoms with Gasteiger partial charge >= 0.3 is 6.01 Å². The predicted octanol–water partition coefficient (Wildman–Crippen LogP) is 2.79. The Bertz CT molecular complexity index is 1190. The number of aromatic nitrogens is 2. The number of unbranched alkanes of at least 4 members (excludes halogenated alkanes) is 1. The van der Waals surface area contributed by atoms with Gasteiger partial charge in [0.25, 0.3) is 0 Å². The molecule has 0 atom stereocenters. The molecule has 8 heteroatoms. The van der Waals surface area contributed by atoms with Crippen LogP contribution in [0.15, 0.2) is 24.3 Å². The van der Waals surface area contributed by atoms with Gasteiger partial charge in [-0.2, -0.15) is 9.97 Å². The summed E-state index contributed by atoms with van der Waals surface area (Å²) in [5.74, 6) is 0.213. The lowest BCUT2D eigenvalue weighted by Gasteiger charge is -2.30. The fourth-order valence-electron chi connectivity index (χ4n) is 3.17. The van der Waals surface area contributed by atoms with Gasteiger partial charge in [0.2, 0.25) is 5.91 Å². The van der Waals surface area contributed by atoms with Gasteiger partial charge in [-0.15, -0.1) is 0 Å². The highest BCUT2D eigenvalue weighted by atomic mass is 16.5. The van der Waals surface area contributed by atoms with Gasteiger partial charge in [0.05, 0.1) is 13.2 Å². The second-order valence-electron chi connectivity index (χ2n) is 7.07. The van der Waals surface area contributed by atoms with Crippen molar-refractivity contribution in [2.24, 2.45) is 0 Å². The summed E-state index contributed by atoms with van der Waals surface area (Å²) in [6.45, 7) is -3.39. The number of hydrogen-bond donors (Lipinski definition) is 2. The molecular weight excluding hydrogens is 380 g/mol. The Kier molecular flexibility index (Phi) is 3.95. The fraction of sp³-hybridized carbons (Fsp3) is 0.500. The van der Waals surface area contributed by atoms with E-state index in [4.69, 9.17) is 21.4 Å². The molecule has 0 aliphatic carbocycles. The van der Waals surface area contributed by atoms with Crippen molar-refractivity contribution in [3.05, 3.63) is 35.4 Å². The zero-order valence-electron chi connectivity index (χ0n) is 24.7. The van der Waals surface area contributed by atoms with Gasteiger partial charge in [0.15, 0.2) is 11.6 Å². The van der Waals surface area contributed by atoms with Gasteiger partial charge in [-0.3, -0.25) is 9.69 Å². The molecule has 0 bridgehead atoms. The number of nitrogens with zero attached hydrogens (tertiary/aromatic N) is 4. The molecule has 1 aromatic carbocycles. The first-order chi connectivity index (χ1) is 17.6. The molecule has 160 valence electrons. The number of fused-ring (bicyclic) bond motifs is 1. The lowest BCUT2D eigenvalue weighted by Crippen LogP contribution is -2.39. The van der Waals surface area contributed by atoms with Gasteiger partial charge in [-0.05, 0) is 43.3 Å². The van der Waals surface area contributed by atoms with E-state index in [1.54, 1.807) is 29.2 Å². The molecule has 3 N–H and O–H groups in total. The molecule has 0 saturated carbocycles. The van der Waals surface area contributed by atoms with Crippen molar-refractivity contribution in [2.45, 2.75) is 45.6 Å². The fourth-order valence-corrected chi connectivity index (χ4v) is 3.17. The van der Waals surface area contributed by atoms with Crippen molar-refractivity contribution in [3.8, 4) is 6.01 Å². The smallest absolute Gasteiger partial charge is 0.320 e. The average molecular weight is 419 g/mol. The van der Waals surface area contributed by atoms with Crippen LogP contribution in [0.25, 0.3) is 0 Å². The second-order valence-corrected chi connectivity index (χ2v) is 7.07. The van der Waals surface area contributed by atoms with E-state index in [0.717, 1.165) is 18.4 Å². The van der Waals surface area contributed by atoms with Crippen LogP contribution in [0.4, 0.5) is 17.3 Å². The SMILES string of the molecule is [2H]C1([2H])N(Cc2ccc(CN3CC(=O)Nc4c(N)nc(OCCCC)nc43)cc2)C([2H])([2H])C([2H])([2H])C1([2H])[2H]. The minimum atomic E-state index is -3.07. The van der Waals surface area contributed by atoms with E-state index in [2.05, 4.69) is 15.3 Å². The molecule has 0 unspecified atom stereocenters. The Morgan fingerprint density at radius 3 is 2.57 bits per heavy atom. The molecule has 0 spiro atoms. The van der Waals surface area contributed by atoms with Crippen LogP contribution in [-0.2, 0) is 17.9 Å². The Balaban J connectivity index is 1.54. The molecule has 4 rings (SSSR count). The van der Waals surface area contributed by atoms with Crippen LogP contribution in [0.2, 0.25) is 0 Å². The third-order valence-corrected chi connectivity index (χ3v) is 4.71. The van der Waals surface area contributed by atoms with Crippen molar-refractivity contribution in [2.75, 3.05) is 42.1 Å². The summed E-state index contributed by atoms with van der Waals surface area (Å²) in [4.78, 5) is 23.2. The molecule has 3 heterocycles. The number of anilines is 3. The van der Waals surface area contributed by atoms with Gasteiger partial charge in [-0.1, -0.05) is 37.6 Å². The number of carbonyl (C=O) groups excluding carboxylic acids is 1. The summed E-state index contributed by atoms with van der Waals surface area (Å²) >= 11 is 0. The molecule has 1 aromatic heterocycles. The average Bonchev–Trinajstić information content (AvgIpc) is 2.89. The van der Waals surface area contributed by atoms with Crippen molar-refractivity contribution in [1.29, 1.82) is 0 Å². The highest BCUT2D eigenvalue weighted by Crippen LogP contribution is 2.34. The van der Waals surface area contributed by atoms with Crippen molar-refractivity contribution >= 4 is 23.2 Å². The van der Waals surface area contributed by atoms with Gasteiger partial charge in [0, 0.05) is 24.1 Å². The third kappa shape index (κ3) is 4.81. The van der Waals surface area contributed by atoms with Crippen LogP contribution in [0, 0.1) is 0 Å². The van der Waals surface area contributed by atoms with Crippen molar-refractivity contribution in [1.82, 2.24) is 14.9 Å². The van der Waals surface area contributed by atoms with Crippen LogP contribution < -0.4 is 20.7 Å². The second kappa shape index (κ2) is 9.30. The van der Waals surface area contributed by atoms with E-state index >= 15 is 0 Å². The number of likely N-dealkylation sites (tertiary alicyclic amines) is 1. The molecule has 0 radical (unpaired) electrons. The first-order valence-electron chi connectivity index (χ1n) is 13.8. The predicted molar refractivity (Wildman–Crippen MR) is 117 cm³/mol. The molecule has 2 aliphatic heterocycles. The monoisotopic (exact) mass is 418 g/mol. The van der Waals surface area contributed by atoms with E-state index in [1.165, 1.54) is 0 Å². The van der Waals surface area contributed by atoms with Crippen LogP contribution in [0.5, 0.6) is 6.01 Å². The Labute approximate surface area is 188 Å². The van der Waals surface area contributed by atoms with E-state index in [9.17, 15) is 4.79 Å². The molecule has 2 aromatic rings. The van der Waals surface area contributed by atoms with Gasteiger partial charge < -0.3 is 20.7 Å². The van der Waals surface area contributed by atoms with Crippen LogP contribution in [0.1, 0.15) is 54.6 Å². The van der Waals surface area contributed by atoms with E-state index in [-0.39, 0.29) is 37.4 Å². The molecule has 8 nitrogen and oxygen atoms in total. The summed E-state index contributed by atoms with van der Waals surface area (Å²) < 4.78 is 70.0. The zero-order chi connectivity index (χ0) is 28.1. The number of ether oxygens (including phenoxy) is 1. The number of hydrogen-bond acceptors (Lipinski definition) is 7. The molecule has 30 heavy (non-hydrogen) atoms. The lowest BCUT2D eigenvalue weighted by molar-refractivity contribution is -0.115. The molecule has 1 fully saturated rings. The summed E-state index contributed by atoms with van der Waals surface area (Å²) in [5, 5.41) is 2.69. The number of nitrogen functional groups attached to an aromatic ring is 1. The lowest BCUT2D eigenvalue weighted by atomic mass is 10.1. The standard InChI is InChI=1S/C22H30N6O2/c1-2-3-12-30-22-25-20(23)19-21(26-22)28(15-18(29)24-19)14-17-8-6-16(7-9-17)13-27-10-4-5-11-27/h6-9H,2-5,10-15H2,1H3,(H,24,29)(H2,23,25,26)/i4D2,5D2,10D2,11D2. The van der Waals surface area contributed by atoms with Gasteiger partial charge in [0.1, 0.15) is 5.69 Å². The minimum Gasteiger partial charge on any atom is -0.463 e. The van der Waals surface area contributed by atoms with E-state index < -0.39 is 25.7 Å². The Morgan fingerprint density at radius 2 is 1.87 bits per heavy atom. The summed E-state index contributed by atoms with van der Waals surface area (Å²) in [6.07, 6.45) is -4.39. The van der Waals surface area contributed by atoms with Crippen molar-refractivity contribution in [3.63, 3.8) is 0 Å². The number of nitrogens with one attached hydrogen (secondary N) is 1. The molecular formula is C22H30N6O2. The van der Waals surface area contributed by atoms with Gasteiger partial charge in [-0.25, -0.2) is 0 Å². The first kappa shape index (κ1) is 12.7. The van der Waals surface area contributed by atoms with Crippen LogP contribution >= 0.6 is 0 Å². The zero-order valence-corrected chi connectivity index (χ0v) is 16.7. The normalized spacial score (nSPS) is 27.1. The summed E-state index contributed by atoms with van der Waals surface area (Å²) in [6, 6.07) is 6.80. The summed E-state index contributed by atoms with van der Waals surface area (Å²) in [7, 11) is 0. The number of rotatable bonds is 8. The maximum Gasteiger partial charge on any atom is 0.320 e. The highest BCUT2D eigenvalue weighted by molar-refractivity contribution is 6.03. The topological polar surface area (TPSA) is 96.6 Å². The maximum atomic E-state index is 12.3. The highest BCUT2D eigenvalue weighted by Gasteiger charge is 2.27. The minimum absolute atomic E-state index is 0.0119. The van der Waals surface area contributed by atoms with E-state index in [1.807, 2.05) is 6.92 Å². The first-order valence-corrected chi connectivity index (χ1v) is 9.84. The molecule has 1 amide bonds. The largest absolute Gasteiger partial charge is 0.463 e. The maximum absolute atomic E-state index is 12.3. The summed E-state index contributed by atoms with van der Waals surface area (Å²) in [5.41, 5.74) is 7.57. The third-order valence-electron chi connectivity index (χ3n) is 4.71. The van der Waals surface area contributed by atoms with Crippen LogP contribution in [0.3, 0.4) is 0 Å².